The molecule has 0 fully saturated rings. The van der Waals surface area contributed by atoms with Gasteiger partial charge in [-0.25, -0.2) is 4.79 Å². The maximum absolute atomic E-state index is 12.7. The zero-order chi connectivity index (χ0) is 26.2. The van der Waals surface area contributed by atoms with Crippen LogP contribution in [0.2, 0.25) is 0 Å². The number of allylic oxidation sites excluding steroid dienone is 1. The molecule has 0 aromatic heterocycles. The minimum atomic E-state index is -0.573. The molecule has 0 aliphatic heterocycles. The van der Waals surface area contributed by atoms with Gasteiger partial charge in [0.2, 0.25) is 0 Å². The third-order valence-corrected chi connectivity index (χ3v) is 5.71. The molecule has 0 heterocycles. The molecule has 37 heavy (non-hydrogen) atoms. The molecule has 0 bridgehead atoms. The Balaban J connectivity index is 1.45. The van der Waals surface area contributed by atoms with Crippen LogP contribution >= 0.6 is 0 Å². The number of hydrogen-bond acceptors (Lipinski definition) is 6. The quantitative estimate of drug-likeness (QED) is 0.115. The number of ketones is 1. The standard InChI is InChI=1S/C31H26O6/c1-34-27-18-15-25(20-30(27)36-3)31(33)37-28-17-10-21(19-29(28)35-2)9-16-26(32)24-13-11-23(12-14-24)22-7-5-4-6-8-22/h4-20H,1-3H3. The fraction of sp³-hybridized carbons (Fsp3) is 0.0968. The number of hydrogen-bond donors (Lipinski definition) is 0. The van der Waals surface area contributed by atoms with E-state index in [0.717, 1.165) is 16.7 Å². The van der Waals surface area contributed by atoms with Gasteiger partial charge in [0.25, 0.3) is 0 Å². The minimum absolute atomic E-state index is 0.123. The number of rotatable bonds is 9. The van der Waals surface area contributed by atoms with Crippen molar-refractivity contribution in [3.8, 4) is 34.1 Å². The Labute approximate surface area is 215 Å². The first-order valence-corrected chi connectivity index (χ1v) is 11.5. The van der Waals surface area contributed by atoms with Crippen LogP contribution in [0.15, 0.2) is 97.1 Å². The zero-order valence-electron chi connectivity index (χ0n) is 20.8. The Morgan fingerprint density at radius 3 is 1.86 bits per heavy atom. The lowest BCUT2D eigenvalue weighted by Crippen LogP contribution is -2.09. The van der Waals surface area contributed by atoms with Crippen molar-refractivity contribution in [2.45, 2.75) is 0 Å². The van der Waals surface area contributed by atoms with E-state index < -0.39 is 5.97 Å². The lowest BCUT2D eigenvalue weighted by molar-refractivity contribution is 0.0729. The van der Waals surface area contributed by atoms with Crippen LogP contribution in [0.1, 0.15) is 26.3 Å². The first-order chi connectivity index (χ1) is 18.0. The average Bonchev–Trinajstić information content (AvgIpc) is 2.96. The Morgan fingerprint density at radius 2 is 1.19 bits per heavy atom. The summed E-state index contributed by atoms with van der Waals surface area (Å²) in [5, 5.41) is 0. The summed E-state index contributed by atoms with van der Waals surface area (Å²) < 4.78 is 21.4. The number of benzene rings is 4. The van der Waals surface area contributed by atoms with E-state index in [1.807, 2.05) is 54.6 Å². The highest BCUT2D eigenvalue weighted by atomic mass is 16.6. The molecule has 4 rings (SSSR count). The van der Waals surface area contributed by atoms with E-state index in [2.05, 4.69) is 0 Å². The van der Waals surface area contributed by atoms with Gasteiger partial charge in [-0.15, -0.1) is 0 Å². The number of carbonyl (C=O) groups excluding carboxylic acids is 2. The summed E-state index contributed by atoms with van der Waals surface area (Å²) in [4.78, 5) is 25.4. The molecular weight excluding hydrogens is 468 g/mol. The maximum Gasteiger partial charge on any atom is 0.343 e. The molecule has 0 radical (unpaired) electrons. The van der Waals surface area contributed by atoms with Crippen LogP contribution in [-0.4, -0.2) is 33.1 Å². The molecule has 0 amide bonds. The molecule has 0 aliphatic rings. The molecular formula is C31H26O6. The highest BCUT2D eigenvalue weighted by Gasteiger charge is 2.15. The van der Waals surface area contributed by atoms with Gasteiger partial charge in [-0.1, -0.05) is 66.7 Å². The minimum Gasteiger partial charge on any atom is -0.493 e. The highest BCUT2D eigenvalue weighted by molar-refractivity contribution is 6.07. The summed E-state index contributed by atoms with van der Waals surface area (Å²) in [7, 11) is 4.49. The molecule has 0 N–H and O–H groups in total. The van der Waals surface area contributed by atoms with Gasteiger partial charge in [-0.2, -0.15) is 0 Å². The van der Waals surface area contributed by atoms with Gasteiger partial charge in [0.05, 0.1) is 26.9 Å². The van der Waals surface area contributed by atoms with Gasteiger partial charge in [0.15, 0.2) is 28.8 Å². The molecule has 0 spiro atoms. The molecule has 4 aromatic carbocycles. The van der Waals surface area contributed by atoms with Crippen molar-refractivity contribution in [3.63, 3.8) is 0 Å². The molecule has 4 aromatic rings. The van der Waals surface area contributed by atoms with Crippen LogP contribution < -0.4 is 18.9 Å². The van der Waals surface area contributed by atoms with Gasteiger partial charge in [-0.05, 0) is 53.1 Å². The molecule has 0 unspecified atom stereocenters. The molecule has 6 nitrogen and oxygen atoms in total. The molecule has 0 aliphatic carbocycles. The van der Waals surface area contributed by atoms with Crippen LogP contribution in [0.5, 0.6) is 23.0 Å². The van der Waals surface area contributed by atoms with E-state index in [1.165, 1.54) is 27.4 Å². The van der Waals surface area contributed by atoms with Gasteiger partial charge in [-0.3, -0.25) is 4.79 Å². The van der Waals surface area contributed by atoms with E-state index in [0.29, 0.717) is 28.4 Å². The van der Waals surface area contributed by atoms with E-state index in [-0.39, 0.29) is 11.5 Å². The molecule has 0 saturated carbocycles. The summed E-state index contributed by atoms with van der Waals surface area (Å²) in [5.74, 6) is 0.843. The zero-order valence-corrected chi connectivity index (χ0v) is 20.8. The van der Waals surface area contributed by atoms with E-state index in [1.54, 1.807) is 42.5 Å². The average molecular weight is 495 g/mol. The van der Waals surface area contributed by atoms with Crippen molar-refractivity contribution < 1.29 is 28.5 Å². The van der Waals surface area contributed by atoms with Gasteiger partial charge in [0.1, 0.15) is 0 Å². The predicted octanol–water partition coefficient (Wildman–Crippen LogP) is 6.49. The topological polar surface area (TPSA) is 71.1 Å². The van der Waals surface area contributed by atoms with Crippen molar-refractivity contribution in [2.24, 2.45) is 0 Å². The van der Waals surface area contributed by atoms with Crippen molar-refractivity contribution >= 4 is 17.8 Å². The predicted molar refractivity (Wildman–Crippen MR) is 143 cm³/mol. The Bertz CT molecular complexity index is 1420. The fourth-order valence-electron chi connectivity index (χ4n) is 3.72. The fourth-order valence-corrected chi connectivity index (χ4v) is 3.72. The Kier molecular flexibility index (Phi) is 8.01. The van der Waals surface area contributed by atoms with Gasteiger partial charge < -0.3 is 18.9 Å². The van der Waals surface area contributed by atoms with Crippen molar-refractivity contribution in [1.82, 2.24) is 0 Å². The number of esters is 1. The van der Waals surface area contributed by atoms with Crippen molar-refractivity contribution in [2.75, 3.05) is 21.3 Å². The lowest BCUT2D eigenvalue weighted by atomic mass is 10.0. The SMILES string of the molecule is COc1ccc(C(=O)Oc2ccc(C=CC(=O)c3ccc(-c4ccccc4)cc3)cc2OC)cc1OC. The Morgan fingerprint density at radius 1 is 0.595 bits per heavy atom. The molecule has 0 atom stereocenters. The normalized spacial score (nSPS) is 10.7. The van der Waals surface area contributed by atoms with Crippen molar-refractivity contribution in [3.05, 3.63) is 114 Å². The summed E-state index contributed by atoms with van der Waals surface area (Å²) >= 11 is 0. The highest BCUT2D eigenvalue weighted by Crippen LogP contribution is 2.31. The number of methoxy groups -OCH3 is 3. The first kappa shape index (κ1) is 25.3. The summed E-state index contributed by atoms with van der Waals surface area (Å²) in [6, 6.07) is 27.3. The second-order valence-electron chi connectivity index (χ2n) is 8.01. The van der Waals surface area contributed by atoms with Crippen LogP contribution in [0.3, 0.4) is 0 Å². The van der Waals surface area contributed by atoms with E-state index in [9.17, 15) is 9.59 Å². The number of carbonyl (C=O) groups is 2. The number of ether oxygens (including phenoxy) is 4. The monoisotopic (exact) mass is 494 g/mol. The largest absolute Gasteiger partial charge is 0.493 e. The summed E-state index contributed by atoms with van der Waals surface area (Å²) in [6.45, 7) is 0. The third-order valence-electron chi connectivity index (χ3n) is 5.71. The maximum atomic E-state index is 12.7. The van der Waals surface area contributed by atoms with Gasteiger partial charge in [0, 0.05) is 5.56 Å². The lowest BCUT2D eigenvalue weighted by Gasteiger charge is -2.12. The van der Waals surface area contributed by atoms with Crippen LogP contribution in [-0.2, 0) is 0 Å². The second-order valence-corrected chi connectivity index (χ2v) is 8.01. The van der Waals surface area contributed by atoms with E-state index >= 15 is 0 Å². The van der Waals surface area contributed by atoms with Gasteiger partial charge >= 0.3 is 5.97 Å². The first-order valence-electron chi connectivity index (χ1n) is 11.5. The van der Waals surface area contributed by atoms with Crippen LogP contribution in [0.25, 0.3) is 17.2 Å². The molecule has 186 valence electrons. The smallest absolute Gasteiger partial charge is 0.343 e. The van der Waals surface area contributed by atoms with Crippen LogP contribution in [0.4, 0.5) is 0 Å². The molecule has 6 heteroatoms. The molecule has 0 saturated heterocycles. The third kappa shape index (κ3) is 6.05. The second kappa shape index (κ2) is 11.7. The van der Waals surface area contributed by atoms with E-state index in [4.69, 9.17) is 18.9 Å². The van der Waals surface area contributed by atoms with Crippen LogP contribution in [0, 0.1) is 0 Å². The Hall–Kier alpha value is -4.84. The summed E-state index contributed by atoms with van der Waals surface area (Å²) in [6.07, 6.45) is 3.19. The summed E-state index contributed by atoms with van der Waals surface area (Å²) in [5.41, 5.74) is 3.74. The van der Waals surface area contributed by atoms with Crippen molar-refractivity contribution in [1.29, 1.82) is 0 Å².